The summed E-state index contributed by atoms with van der Waals surface area (Å²) in [5, 5.41) is 11.3. The van der Waals surface area contributed by atoms with Gasteiger partial charge in [-0.15, -0.1) is 0 Å². The molecule has 0 spiro atoms. The molecule has 1 fully saturated rings. The van der Waals surface area contributed by atoms with Crippen molar-refractivity contribution in [3.63, 3.8) is 0 Å². The lowest BCUT2D eigenvalue weighted by Crippen LogP contribution is -2.43. The largest absolute Gasteiger partial charge is 0.467 e. The number of rotatable bonds is 1. The van der Waals surface area contributed by atoms with E-state index in [2.05, 4.69) is 20.3 Å². The summed E-state index contributed by atoms with van der Waals surface area (Å²) in [7, 11) is 1.40. The Hall–Kier alpha value is -0.970. The number of fused-ring (bicyclic) bond motifs is 1. The second kappa shape index (κ2) is 3.41. The number of hydrogen-bond acceptors (Lipinski definition) is 5. The monoisotopic (exact) mass is 183 g/mol. The van der Waals surface area contributed by atoms with Gasteiger partial charge in [-0.3, -0.25) is 0 Å². The number of nitrogens with zero attached hydrogens (tertiary/aromatic N) is 2. The molecule has 5 heteroatoms. The fourth-order valence-electron chi connectivity index (χ4n) is 1.94. The van der Waals surface area contributed by atoms with Gasteiger partial charge < -0.3 is 10.1 Å². The quantitative estimate of drug-likeness (QED) is 0.581. The van der Waals surface area contributed by atoms with Gasteiger partial charge in [-0.05, 0) is 13.0 Å². The zero-order valence-electron chi connectivity index (χ0n) is 7.56. The first-order valence-corrected chi connectivity index (χ1v) is 4.51. The first-order chi connectivity index (χ1) is 6.33. The van der Waals surface area contributed by atoms with E-state index in [4.69, 9.17) is 0 Å². The number of piperidine rings is 1. The minimum Gasteiger partial charge on any atom is -0.467 e. The Morgan fingerprint density at radius 2 is 2.38 bits per heavy atom. The molecule has 2 heterocycles. The van der Waals surface area contributed by atoms with Crippen molar-refractivity contribution in [3.05, 3.63) is 0 Å². The highest BCUT2D eigenvalue weighted by atomic mass is 16.5. The summed E-state index contributed by atoms with van der Waals surface area (Å²) in [5.41, 5.74) is 0. The van der Waals surface area contributed by atoms with E-state index in [1.165, 1.54) is 7.11 Å². The van der Waals surface area contributed by atoms with Crippen LogP contribution in [-0.4, -0.2) is 38.3 Å². The Bertz CT molecular complexity index is 242. The molecule has 0 bridgehead atoms. The number of nitrogens with one attached hydrogen (secondary N) is 1. The number of hydrogen-bond donors (Lipinski definition) is 1. The van der Waals surface area contributed by atoms with Gasteiger partial charge in [-0.2, -0.15) is 10.2 Å². The van der Waals surface area contributed by atoms with Gasteiger partial charge in [0.2, 0.25) is 0 Å². The van der Waals surface area contributed by atoms with Gasteiger partial charge in [0.25, 0.3) is 0 Å². The third-order valence-electron chi connectivity index (χ3n) is 2.69. The number of ether oxygens (including phenoxy) is 1. The molecule has 0 aromatic carbocycles. The molecule has 2 aliphatic rings. The fourth-order valence-corrected chi connectivity index (χ4v) is 1.94. The summed E-state index contributed by atoms with van der Waals surface area (Å²) < 4.78 is 4.67. The summed E-state index contributed by atoms with van der Waals surface area (Å²) >= 11 is 0. The van der Waals surface area contributed by atoms with Gasteiger partial charge in [0, 0.05) is 12.5 Å². The minimum absolute atomic E-state index is 0.179. The lowest BCUT2D eigenvalue weighted by molar-refractivity contribution is -0.143. The van der Waals surface area contributed by atoms with E-state index in [0.29, 0.717) is 0 Å². The molecule has 3 unspecified atom stereocenters. The van der Waals surface area contributed by atoms with E-state index >= 15 is 0 Å². The Balaban J connectivity index is 2.06. The van der Waals surface area contributed by atoms with Crippen molar-refractivity contribution >= 4 is 5.97 Å². The number of esters is 1. The molecule has 13 heavy (non-hydrogen) atoms. The standard InChI is InChI=1S/C8H13N3O2/c1-13-8(12)7-5-2-3-9-4-6(5)10-11-7/h5-7,9H,2-4H2,1H3. The van der Waals surface area contributed by atoms with Crippen molar-refractivity contribution in [2.75, 3.05) is 20.2 Å². The van der Waals surface area contributed by atoms with Gasteiger partial charge in [-0.25, -0.2) is 4.79 Å². The second-order valence-electron chi connectivity index (χ2n) is 3.42. The summed E-state index contributed by atoms with van der Waals surface area (Å²) in [6.07, 6.45) is 0.956. The normalized spacial score (nSPS) is 37.2. The van der Waals surface area contributed by atoms with Crippen LogP contribution in [0, 0.1) is 5.92 Å². The molecular formula is C8H13N3O2. The average molecular weight is 183 g/mol. The third-order valence-corrected chi connectivity index (χ3v) is 2.69. The molecule has 72 valence electrons. The van der Waals surface area contributed by atoms with Gasteiger partial charge in [0.1, 0.15) is 0 Å². The molecule has 0 aromatic rings. The predicted molar refractivity (Wildman–Crippen MR) is 45.4 cm³/mol. The Morgan fingerprint density at radius 3 is 3.15 bits per heavy atom. The first-order valence-electron chi connectivity index (χ1n) is 4.51. The molecule has 0 radical (unpaired) electrons. The van der Waals surface area contributed by atoms with Gasteiger partial charge in [0.05, 0.1) is 13.2 Å². The van der Waals surface area contributed by atoms with Crippen molar-refractivity contribution < 1.29 is 9.53 Å². The third kappa shape index (κ3) is 1.44. The second-order valence-corrected chi connectivity index (χ2v) is 3.42. The Morgan fingerprint density at radius 1 is 1.54 bits per heavy atom. The van der Waals surface area contributed by atoms with E-state index in [9.17, 15) is 4.79 Å². The van der Waals surface area contributed by atoms with E-state index < -0.39 is 0 Å². The molecule has 5 nitrogen and oxygen atoms in total. The number of azo groups is 1. The lowest BCUT2D eigenvalue weighted by Gasteiger charge is -2.25. The summed E-state index contributed by atoms with van der Waals surface area (Å²) in [4.78, 5) is 11.3. The lowest BCUT2D eigenvalue weighted by atomic mass is 9.88. The molecule has 0 amide bonds. The van der Waals surface area contributed by atoms with Gasteiger partial charge in [-0.1, -0.05) is 0 Å². The van der Waals surface area contributed by atoms with Crippen LogP contribution < -0.4 is 5.32 Å². The van der Waals surface area contributed by atoms with Crippen LogP contribution in [0.25, 0.3) is 0 Å². The molecule has 0 aromatic heterocycles. The molecule has 2 rings (SSSR count). The Labute approximate surface area is 76.6 Å². The first kappa shape index (κ1) is 8.62. The van der Waals surface area contributed by atoms with Crippen LogP contribution in [0.1, 0.15) is 6.42 Å². The molecule has 1 N–H and O–H groups in total. The minimum atomic E-state index is -0.350. The van der Waals surface area contributed by atoms with E-state index in [1.54, 1.807) is 0 Å². The van der Waals surface area contributed by atoms with Crippen LogP contribution in [0.2, 0.25) is 0 Å². The summed E-state index contributed by atoms with van der Waals surface area (Å²) in [5.74, 6) is 0.00634. The SMILES string of the molecule is COC(=O)C1N=NC2CNCCC21. The topological polar surface area (TPSA) is 63.0 Å². The van der Waals surface area contributed by atoms with Gasteiger partial charge >= 0.3 is 5.97 Å². The Kier molecular flexibility index (Phi) is 2.26. The summed E-state index contributed by atoms with van der Waals surface area (Å²) in [6, 6.07) is -0.171. The van der Waals surface area contributed by atoms with Crippen molar-refractivity contribution in [2.45, 2.75) is 18.5 Å². The number of carbonyl (C=O) groups is 1. The maximum Gasteiger partial charge on any atom is 0.332 e. The molecule has 2 aliphatic heterocycles. The van der Waals surface area contributed by atoms with Crippen molar-refractivity contribution in [3.8, 4) is 0 Å². The van der Waals surface area contributed by atoms with E-state index in [-0.39, 0.29) is 24.0 Å². The van der Waals surface area contributed by atoms with Crippen LogP contribution in [-0.2, 0) is 9.53 Å². The zero-order chi connectivity index (χ0) is 9.26. The van der Waals surface area contributed by atoms with Crippen LogP contribution in [0.15, 0.2) is 10.2 Å². The van der Waals surface area contributed by atoms with E-state index in [0.717, 1.165) is 19.5 Å². The highest BCUT2D eigenvalue weighted by Gasteiger charge is 2.41. The maximum atomic E-state index is 11.3. The van der Waals surface area contributed by atoms with Crippen LogP contribution >= 0.6 is 0 Å². The molecular weight excluding hydrogens is 170 g/mol. The fraction of sp³-hybridized carbons (Fsp3) is 0.875. The van der Waals surface area contributed by atoms with Crippen LogP contribution in [0.4, 0.5) is 0 Å². The van der Waals surface area contributed by atoms with E-state index in [1.807, 2.05) is 0 Å². The smallest absolute Gasteiger partial charge is 0.332 e. The number of methoxy groups -OCH3 is 1. The number of carbonyl (C=O) groups excluding carboxylic acids is 1. The highest BCUT2D eigenvalue weighted by Crippen LogP contribution is 2.28. The predicted octanol–water partition coefficient (Wildman–Crippen LogP) is -0.0281. The molecule has 0 saturated carbocycles. The van der Waals surface area contributed by atoms with Crippen molar-refractivity contribution in [1.29, 1.82) is 0 Å². The average Bonchev–Trinajstić information content (AvgIpc) is 2.60. The van der Waals surface area contributed by atoms with Crippen molar-refractivity contribution in [1.82, 2.24) is 5.32 Å². The molecule has 1 saturated heterocycles. The van der Waals surface area contributed by atoms with Crippen molar-refractivity contribution in [2.24, 2.45) is 16.1 Å². The summed E-state index contributed by atoms with van der Waals surface area (Å²) in [6.45, 7) is 1.78. The highest BCUT2D eigenvalue weighted by molar-refractivity contribution is 5.76. The molecule has 3 atom stereocenters. The van der Waals surface area contributed by atoms with Crippen LogP contribution in [0.5, 0.6) is 0 Å². The molecule has 0 aliphatic carbocycles. The van der Waals surface area contributed by atoms with Crippen LogP contribution in [0.3, 0.4) is 0 Å². The van der Waals surface area contributed by atoms with Gasteiger partial charge in [0.15, 0.2) is 6.04 Å². The zero-order valence-corrected chi connectivity index (χ0v) is 7.56. The maximum absolute atomic E-state index is 11.3.